The van der Waals surface area contributed by atoms with E-state index in [9.17, 15) is 9.59 Å². The highest BCUT2D eigenvalue weighted by atomic mass is 16.2. The van der Waals surface area contributed by atoms with Gasteiger partial charge in [0.2, 0.25) is 5.91 Å². The van der Waals surface area contributed by atoms with Gasteiger partial charge in [0.05, 0.1) is 24.1 Å². The van der Waals surface area contributed by atoms with Crippen LogP contribution >= 0.6 is 0 Å². The molecule has 32 heavy (non-hydrogen) atoms. The smallest absolute Gasteiger partial charge is 0.238 e. The van der Waals surface area contributed by atoms with Crippen LogP contribution in [0.25, 0.3) is 11.1 Å². The number of hydrogen-bond acceptors (Lipinski definition) is 6. The minimum Gasteiger partial charge on any atom is -0.323 e. The first-order chi connectivity index (χ1) is 15.4. The van der Waals surface area contributed by atoms with Crippen LogP contribution in [0.5, 0.6) is 0 Å². The Labute approximate surface area is 191 Å². The second-order valence-corrected chi connectivity index (χ2v) is 8.05. The zero-order chi connectivity index (χ0) is 23.1. The molecule has 0 fully saturated rings. The number of rotatable bonds is 9. The van der Waals surface area contributed by atoms with Crippen LogP contribution in [0.1, 0.15) is 50.9 Å². The van der Waals surface area contributed by atoms with Crippen LogP contribution in [-0.4, -0.2) is 33.4 Å². The maximum atomic E-state index is 12.7. The van der Waals surface area contributed by atoms with Gasteiger partial charge in [-0.2, -0.15) is 10.2 Å². The summed E-state index contributed by atoms with van der Waals surface area (Å²) in [6.07, 6.45) is 4.28. The summed E-state index contributed by atoms with van der Waals surface area (Å²) >= 11 is 0. The van der Waals surface area contributed by atoms with E-state index in [-0.39, 0.29) is 32.7 Å². The normalized spacial score (nSPS) is 10.9. The number of nitrogens with zero attached hydrogens (tertiary/aromatic N) is 3. The third-order valence-corrected chi connectivity index (χ3v) is 5.04. The quantitative estimate of drug-likeness (QED) is 0.482. The topological polar surface area (TPSA) is 96.9 Å². The maximum Gasteiger partial charge on any atom is 0.238 e. The van der Waals surface area contributed by atoms with Crippen LogP contribution in [-0.2, 0) is 17.8 Å². The van der Waals surface area contributed by atoms with E-state index in [4.69, 9.17) is 0 Å². The highest BCUT2D eigenvalue weighted by Gasteiger charge is 2.19. The van der Waals surface area contributed by atoms with E-state index < -0.39 is 0 Å². The van der Waals surface area contributed by atoms with Gasteiger partial charge >= 0.3 is 0 Å². The van der Waals surface area contributed by atoms with Crippen LogP contribution in [0.15, 0.2) is 48.8 Å². The molecule has 1 aromatic carbocycles. The fraction of sp³-hybridized carbons (Fsp3) is 0.320. The van der Waals surface area contributed by atoms with Crippen molar-refractivity contribution >= 4 is 17.4 Å². The molecule has 0 bridgehead atoms. The van der Waals surface area contributed by atoms with Gasteiger partial charge in [-0.25, -0.2) is 0 Å². The number of ketones is 1. The molecule has 3 aromatic rings. The summed E-state index contributed by atoms with van der Waals surface area (Å²) in [5.41, 5.74) is 5.52. The van der Waals surface area contributed by atoms with E-state index in [0.29, 0.717) is 12.2 Å². The van der Waals surface area contributed by atoms with E-state index in [1.54, 1.807) is 12.4 Å². The molecule has 0 spiro atoms. The van der Waals surface area contributed by atoms with Crippen LogP contribution in [0.4, 0.5) is 5.69 Å². The van der Waals surface area contributed by atoms with Gasteiger partial charge in [0, 0.05) is 27.1 Å². The van der Waals surface area contributed by atoms with Crippen molar-refractivity contribution in [3.63, 3.8) is 0 Å². The van der Waals surface area contributed by atoms with Gasteiger partial charge in [-0.3, -0.25) is 14.6 Å². The Hall–Kier alpha value is -3.45. The highest BCUT2D eigenvalue weighted by molar-refractivity contribution is 6.05. The molecule has 7 heteroatoms. The maximum absolute atomic E-state index is 12.7. The monoisotopic (exact) mass is 435 g/mol. The van der Waals surface area contributed by atoms with Gasteiger partial charge in [-0.1, -0.05) is 45.0 Å². The van der Waals surface area contributed by atoms with Gasteiger partial charge in [-0.15, -0.1) is 0 Å². The average Bonchev–Trinajstić information content (AvgIpc) is 2.78. The van der Waals surface area contributed by atoms with Crippen LogP contribution in [0, 0.1) is 12.8 Å². The first-order valence-electron chi connectivity index (χ1n) is 10.8. The Kier molecular flexibility index (Phi) is 7.78. The molecule has 0 radical (unpaired) electrons. The van der Waals surface area contributed by atoms with Crippen molar-refractivity contribution in [3.8, 4) is 11.1 Å². The number of hydrogen-bond donors (Lipinski definition) is 2. The lowest BCUT2D eigenvalue weighted by Crippen LogP contribution is -2.29. The van der Waals surface area contributed by atoms with Crippen LogP contribution in [0.2, 0.25) is 0 Å². The summed E-state index contributed by atoms with van der Waals surface area (Å²) in [7, 11) is 0. The second kappa shape index (κ2) is 10.7. The molecule has 170 valence electrons. The van der Waals surface area contributed by atoms with Crippen LogP contribution in [0.3, 0.4) is 0 Å². The number of aryl methyl sites for hydroxylation is 2. The average molecular weight is 436 g/mol. The molecule has 0 unspecified atom stereocenters. The summed E-state index contributed by atoms with van der Waals surface area (Å²) in [6, 6.07) is 11.9. The first kappa shape index (κ1) is 23.2. The van der Waals surface area contributed by atoms with Crippen molar-refractivity contribution in [2.75, 3.05) is 11.9 Å². The predicted octanol–water partition coefficient (Wildman–Crippen LogP) is 4.47. The Morgan fingerprint density at radius 3 is 2.59 bits per heavy atom. The number of amides is 1. The van der Waals surface area contributed by atoms with Crippen molar-refractivity contribution < 1.29 is 12.4 Å². The molecular formula is C25H33N5O2. The predicted molar refractivity (Wildman–Crippen MR) is 130 cm³/mol. The number of aromatic nitrogens is 3. The van der Waals surface area contributed by atoms with Gasteiger partial charge in [0.15, 0.2) is 5.78 Å². The van der Waals surface area contributed by atoms with Crippen molar-refractivity contribution in [3.05, 3.63) is 71.3 Å². The van der Waals surface area contributed by atoms with Gasteiger partial charge in [0.1, 0.15) is 5.69 Å². The Bertz CT molecular complexity index is 1120. The lowest BCUT2D eigenvalue weighted by atomic mass is 10.00. The largest absolute Gasteiger partial charge is 0.323 e. The zero-order valence-electron chi connectivity index (χ0n) is 19.0. The molecule has 0 saturated carbocycles. The Balaban J connectivity index is 0.00000289. The molecule has 0 saturated heterocycles. The molecule has 7 nitrogen and oxygen atoms in total. The number of pyridine rings is 1. The first-order valence-corrected chi connectivity index (χ1v) is 10.8. The van der Waals surface area contributed by atoms with Gasteiger partial charge < -0.3 is 10.6 Å². The molecule has 1 amide bonds. The second-order valence-electron chi connectivity index (χ2n) is 8.05. The zero-order valence-corrected chi connectivity index (χ0v) is 19.0. The fourth-order valence-corrected chi connectivity index (χ4v) is 3.30. The Morgan fingerprint density at radius 1 is 1.06 bits per heavy atom. The number of Topliss-reactive ketones (excluding diaryl/α,β-unsaturated/α-hetero) is 1. The van der Waals surface area contributed by atoms with Crippen molar-refractivity contribution in [1.29, 1.82) is 0 Å². The molecule has 3 rings (SSSR count). The van der Waals surface area contributed by atoms with E-state index in [0.717, 1.165) is 28.8 Å². The fourth-order valence-electron chi connectivity index (χ4n) is 3.30. The van der Waals surface area contributed by atoms with Gasteiger partial charge in [-0.05, 0) is 42.2 Å². The molecule has 0 atom stereocenters. The molecule has 2 N–H and O–H groups in total. The molecule has 2 aromatic heterocycles. The minimum absolute atomic E-state index is 0. The third kappa shape index (κ3) is 6.04. The number of benzene rings is 1. The summed E-state index contributed by atoms with van der Waals surface area (Å²) < 4.78 is 0. The van der Waals surface area contributed by atoms with Crippen molar-refractivity contribution in [1.82, 2.24) is 20.5 Å². The van der Waals surface area contributed by atoms with E-state index in [1.807, 2.05) is 45.0 Å². The van der Waals surface area contributed by atoms with E-state index in [2.05, 4.69) is 44.9 Å². The molecule has 0 aliphatic heterocycles. The minimum atomic E-state index is -0.247. The number of carbonyl (C=O) groups excluding carboxylic acids is 2. The summed E-state index contributed by atoms with van der Waals surface area (Å²) in [4.78, 5) is 29.7. The molecular weight excluding hydrogens is 402 g/mol. The van der Waals surface area contributed by atoms with E-state index >= 15 is 0 Å². The van der Waals surface area contributed by atoms with Crippen molar-refractivity contribution in [2.24, 2.45) is 5.92 Å². The van der Waals surface area contributed by atoms with Crippen LogP contribution < -0.4 is 10.6 Å². The summed E-state index contributed by atoms with van der Waals surface area (Å²) in [5.74, 6) is -0.587. The highest BCUT2D eigenvalue weighted by Crippen LogP contribution is 2.26. The summed E-state index contributed by atoms with van der Waals surface area (Å²) in [5, 5.41) is 13.8. The lowest BCUT2D eigenvalue weighted by Gasteiger charge is -2.14. The number of nitrogens with one attached hydrogen (secondary N) is 2. The van der Waals surface area contributed by atoms with E-state index in [1.165, 1.54) is 5.56 Å². The SMILES string of the molecule is CCc1cccc(-c2cnc(C(=O)C(C)C)c(NC(=O)CNCc3cnnc(C)c3)c2)c1.[HH].[HH]. The number of anilines is 1. The lowest BCUT2D eigenvalue weighted by molar-refractivity contribution is -0.115. The van der Waals surface area contributed by atoms with Gasteiger partial charge in [0.25, 0.3) is 0 Å². The molecule has 0 aliphatic rings. The molecule has 0 aliphatic carbocycles. The Morgan fingerprint density at radius 2 is 1.88 bits per heavy atom. The summed E-state index contributed by atoms with van der Waals surface area (Å²) in [6.45, 7) is 8.19. The third-order valence-electron chi connectivity index (χ3n) is 5.04. The van der Waals surface area contributed by atoms with Crippen molar-refractivity contribution in [2.45, 2.75) is 40.7 Å². The molecule has 2 heterocycles. The number of carbonyl (C=O) groups is 2. The standard InChI is InChI=1S/C25H29N5O2.2H2/c1-5-18-7-6-8-20(10-18)21-11-22(24(27-14-21)25(32)16(2)3)29-23(31)15-26-12-19-9-17(4)30-28-13-19;;/h6-11,13-14,16,26H,5,12,15H2,1-4H3,(H,29,31);2*1H.